The summed E-state index contributed by atoms with van der Waals surface area (Å²) in [5, 5.41) is 12.2. The van der Waals surface area contributed by atoms with Crippen LogP contribution in [0.1, 0.15) is 24.0 Å². The first kappa shape index (κ1) is 11.9. The minimum Gasteiger partial charge on any atom is -0.384 e. The van der Waals surface area contributed by atoms with Crippen molar-refractivity contribution in [1.82, 2.24) is 4.90 Å². The third kappa shape index (κ3) is 3.21. The summed E-state index contributed by atoms with van der Waals surface area (Å²) in [6.45, 7) is 6.62. The summed E-state index contributed by atoms with van der Waals surface area (Å²) in [7, 11) is 0. The predicted octanol–water partition coefficient (Wildman–Crippen LogP) is 2.37. The minimum atomic E-state index is 0.729. The maximum atomic E-state index is 8.80. The van der Waals surface area contributed by atoms with Crippen LogP contribution in [0.25, 0.3) is 0 Å². The van der Waals surface area contributed by atoms with Gasteiger partial charge in [-0.05, 0) is 56.6 Å². The molecule has 1 aromatic rings. The number of hydrogen-bond donors (Lipinski definition) is 1. The Hall–Kier alpha value is -1.53. The molecule has 0 aromatic heterocycles. The maximum absolute atomic E-state index is 8.80. The summed E-state index contributed by atoms with van der Waals surface area (Å²) in [6.07, 6.45) is 2.69. The molecule has 1 aliphatic heterocycles. The second-order valence-corrected chi connectivity index (χ2v) is 4.62. The van der Waals surface area contributed by atoms with Crippen LogP contribution in [-0.4, -0.2) is 31.1 Å². The number of rotatable bonds is 4. The van der Waals surface area contributed by atoms with Crippen LogP contribution in [0, 0.1) is 18.3 Å². The number of nitrogens with zero attached hydrogens (tertiary/aromatic N) is 2. The van der Waals surface area contributed by atoms with Crippen LogP contribution in [0.5, 0.6) is 0 Å². The Bertz CT molecular complexity index is 414. The summed E-state index contributed by atoms with van der Waals surface area (Å²) in [6, 6.07) is 7.95. The van der Waals surface area contributed by atoms with Crippen molar-refractivity contribution in [2.75, 3.05) is 31.5 Å². The van der Waals surface area contributed by atoms with E-state index in [4.69, 9.17) is 5.26 Å². The fourth-order valence-electron chi connectivity index (χ4n) is 2.29. The molecule has 3 heteroatoms. The van der Waals surface area contributed by atoms with Crippen molar-refractivity contribution in [2.45, 2.75) is 19.8 Å². The van der Waals surface area contributed by atoms with Gasteiger partial charge in [0.15, 0.2) is 0 Å². The number of nitriles is 1. The summed E-state index contributed by atoms with van der Waals surface area (Å²) < 4.78 is 0. The van der Waals surface area contributed by atoms with Crippen molar-refractivity contribution in [1.29, 1.82) is 5.26 Å². The van der Waals surface area contributed by atoms with Crippen molar-refractivity contribution >= 4 is 5.69 Å². The van der Waals surface area contributed by atoms with Gasteiger partial charge < -0.3 is 10.2 Å². The molecule has 3 nitrogen and oxygen atoms in total. The molecular formula is C14H19N3. The smallest absolute Gasteiger partial charge is 0.0991 e. The van der Waals surface area contributed by atoms with Crippen molar-refractivity contribution in [2.24, 2.45) is 0 Å². The SMILES string of the molecule is Cc1cc(C#N)ccc1NCCN1CCCC1. The highest BCUT2D eigenvalue weighted by molar-refractivity contribution is 5.54. The van der Waals surface area contributed by atoms with Gasteiger partial charge in [-0.2, -0.15) is 5.26 Å². The Kier molecular flexibility index (Phi) is 4.00. The van der Waals surface area contributed by atoms with Crippen molar-refractivity contribution in [3.05, 3.63) is 29.3 Å². The molecule has 0 radical (unpaired) electrons. The lowest BCUT2D eigenvalue weighted by Crippen LogP contribution is -2.26. The molecule has 1 heterocycles. The summed E-state index contributed by atoms with van der Waals surface area (Å²) in [5.41, 5.74) is 3.02. The van der Waals surface area contributed by atoms with E-state index in [1.165, 1.54) is 25.9 Å². The van der Waals surface area contributed by atoms with Crippen LogP contribution < -0.4 is 5.32 Å². The van der Waals surface area contributed by atoms with Gasteiger partial charge in [0.25, 0.3) is 0 Å². The van der Waals surface area contributed by atoms with Crippen LogP contribution in [0.3, 0.4) is 0 Å². The van der Waals surface area contributed by atoms with E-state index < -0.39 is 0 Å². The molecule has 1 saturated heterocycles. The summed E-state index contributed by atoms with van der Waals surface area (Å²) in [5.74, 6) is 0. The second kappa shape index (κ2) is 5.70. The van der Waals surface area contributed by atoms with E-state index in [0.29, 0.717) is 0 Å². The number of hydrogen-bond acceptors (Lipinski definition) is 3. The van der Waals surface area contributed by atoms with Gasteiger partial charge >= 0.3 is 0 Å². The molecule has 0 saturated carbocycles. The predicted molar refractivity (Wildman–Crippen MR) is 70.1 cm³/mol. The molecule has 1 aliphatic rings. The van der Waals surface area contributed by atoms with Crippen LogP contribution in [-0.2, 0) is 0 Å². The minimum absolute atomic E-state index is 0.729. The van der Waals surface area contributed by atoms with E-state index >= 15 is 0 Å². The maximum Gasteiger partial charge on any atom is 0.0991 e. The highest BCUT2D eigenvalue weighted by Gasteiger charge is 2.10. The van der Waals surface area contributed by atoms with Crippen LogP contribution in [0.2, 0.25) is 0 Å². The van der Waals surface area contributed by atoms with E-state index in [0.717, 1.165) is 29.9 Å². The lowest BCUT2D eigenvalue weighted by atomic mass is 10.1. The van der Waals surface area contributed by atoms with Gasteiger partial charge in [-0.1, -0.05) is 0 Å². The number of anilines is 1. The lowest BCUT2D eigenvalue weighted by molar-refractivity contribution is 0.352. The summed E-state index contributed by atoms with van der Waals surface area (Å²) in [4.78, 5) is 2.49. The molecule has 0 unspecified atom stereocenters. The zero-order valence-corrected chi connectivity index (χ0v) is 10.4. The molecule has 0 bridgehead atoms. The van der Waals surface area contributed by atoms with Gasteiger partial charge in [0.1, 0.15) is 0 Å². The van der Waals surface area contributed by atoms with Crippen molar-refractivity contribution < 1.29 is 0 Å². The van der Waals surface area contributed by atoms with Crippen molar-refractivity contribution in [3.63, 3.8) is 0 Å². The second-order valence-electron chi connectivity index (χ2n) is 4.62. The Balaban J connectivity index is 1.84. The molecule has 1 aromatic carbocycles. The van der Waals surface area contributed by atoms with E-state index in [1.54, 1.807) is 0 Å². The quantitative estimate of drug-likeness (QED) is 0.861. The van der Waals surface area contributed by atoms with Gasteiger partial charge in [-0.15, -0.1) is 0 Å². The molecule has 0 spiro atoms. The number of likely N-dealkylation sites (tertiary alicyclic amines) is 1. The van der Waals surface area contributed by atoms with E-state index in [-0.39, 0.29) is 0 Å². The molecular weight excluding hydrogens is 210 g/mol. The third-order valence-electron chi connectivity index (χ3n) is 3.30. The van der Waals surface area contributed by atoms with Gasteiger partial charge in [0.2, 0.25) is 0 Å². The van der Waals surface area contributed by atoms with Crippen LogP contribution in [0.15, 0.2) is 18.2 Å². The molecule has 2 rings (SSSR count). The van der Waals surface area contributed by atoms with E-state index in [9.17, 15) is 0 Å². The normalized spacial score (nSPS) is 15.8. The Morgan fingerprint density at radius 2 is 2.12 bits per heavy atom. The standard InChI is InChI=1S/C14H19N3/c1-12-10-13(11-15)4-5-14(12)16-6-9-17-7-2-3-8-17/h4-5,10,16H,2-3,6-9H2,1H3. The molecule has 0 atom stereocenters. The Labute approximate surface area is 103 Å². The first-order valence-electron chi connectivity index (χ1n) is 6.26. The van der Waals surface area contributed by atoms with Gasteiger partial charge in [-0.3, -0.25) is 0 Å². The van der Waals surface area contributed by atoms with E-state index in [1.807, 2.05) is 25.1 Å². The molecule has 90 valence electrons. The topological polar surface area (TPSA) is 39.1 Å². The highest BCUT2D eigenvalue weighted by Crippen LogP contribution is 2.16. The first-order valence-corrected chi connectivity index (χ1v) is 6.26. The fourth-order valence-corrected chi connectivity index (χ4v) is 2.29. The molecule has 0 aliphatic carbocycles. The number of benzene rings is 1. The van der Waals surface area contributed by atoms with Gasteiger partial charge in [0, 0.05) is 18.8 Å². The van der Waals surface area contributed by atoms with Crippen LogP contribution in [0.4, 0.5) is 5.69 Å². The zero-order chi connectivity index (χ0) is 12.1. The average molecular weight is 229 g/mol. The molecule has 0 amide bonds. The average Bonchev–Trinajstić information content (AvgIpc) is 2.84. The zero-order valence-electron chi connectivity index (χ0n) is 10.4. The number of nitrogens with one attached hydrogen (secondary N) is 1. The molecule has 17 heavy (non-hydrogen) atoms. The Morgan fingerprint density at radius 3 is 2.76 bits per heavy atom. The van der Waals surface area contributed by atoms with Gasteiger partial charge in [-0.25, -0.2) is 0 Å². The third-order valence-corrected chi connectivity index (χ3v) is 3.30. The first-order chi connectivity index (χ1) is 8.29. The molecule has 1 N–H and O–H groups in total. The van der Waals surface area contributed by atoms with Gasteiger partial charge in [0.05, 0.1) is 11.6 Å². The molecule has 1 fully saturated rings. The van der Waals surface area contributed by atoms with Crippen LogP contribution >= 0.6 is 0 Å². The monoisotopic (exact) mass is 229 g/mol. The fraction of sp³-hybridized carbons (Fsp3) is 0.500. The lowest BCUT2D eigenvalue weighted by Gasteiger charge is -2.16. The highest BCUT2D eigenvalue weighted by atomic mass is 15.1. The number of aryl methyl sites for hydroxylation is 1. The Morgan fingerprint density at radius 1 is 1.35 bits per heavy atom. The summed E-state index contributed by atoms with van der Waals surface area (Å²) >= 11 is 0. The largest absolute Gasteiger partial charge is 0.384 e. The van der Waals surface area contributed by atoms with E-state index in [2.05, 4.69) is 16.3 Å². The van der Waals surface area contributed by atoms with Crippen molar-refractivity contribution in [3.8, 4) is 6.07 Å².